The lowest BCUT2D eigenvalue weighted by atomic mass is 10.1. The number of hydrogen-bond acceptors (Lipinski definition) is 3. The predicted molar refractivity (Wildman–Crippen MR) is 68.7 cm³/mol. The van der Waals surface area contributed by atoms with Gasteiger partial charge in [-0.2, -0.15) is 5.10 Å². The van der Waals surface area contributed by atoms with Gasteiger partial charge in [0, 0.05) is 12.0 Å². The third kappa shape index (κ3) is 2.30. The minimum atomic E-state index is -1.96. The van der Waals surface area contributed by atoms with Gasteiger partial charge in [-0.15, -0.1) is 0 Å². The minimum Gasteiger partial charge on any atom is -0.347 e. The Bertz CT molecular complexity index is 541. The lowest BCUT2D eigenvalue weighted by molar-refractivity contribution is -0.236. The van der Waals surface area contributed by atoms with Gasteiger partial charge in [-0.1, -0.05) is 19.1 Å². The second kappa shape index (κ2) is 4.55. The monoisotopic (exact) mass is 245 g/mol. The van der Waals surface area contributed by atoms with Gasteiger partial charge in [0.05, 0.1) is 11.4 Å². The molecule has 0 saturated heterocycles. The molecule has 1 radical (unpaired) electrons. The summed E-state index contributed by atoms with van der Waals surface area (Å²) in [6.45, 7) is 5.48. The summed E-state index contributed by atoms with van der Waals surface area (Å²) in [6, 6.07) is 10.6. The van der Waals surface area contributed by atoms with Gasteiger partial charge in [0.15, 0.2) is 0 Å². The van der Waals surface area contributed by atoms with Crippen molar-refractivity contribution >= 4 is 0 Å². The molecule has 0 aliphatic heterocycles. The quantitative estimate of drug-likeness (QED) is 0.813. The van der Waals surface area contributed by atoms with Crippen molar-refractivity contribution in [2.75, 3.05) is 0 Å². The van der Waals surface area contributed by atoms with Crippen molar-refractivity contribution in [1.82, 2.24) is 9.78 Å². The number of hydrogen-bond donors (Lipinski definition) is 2. The molecule has 4 nitrogen and oxygen atoms in total. The Hall–Kier alpha value is -1.65. The Kier molecular flexibility index (Phi) is 3.24. The van der Waals surface area contributed by atoms with Gasteiger partial charge in [-0.25, -0.2) is 4.68 Å². The molecular weight excluding hydrogens is 228 g/mol. The molecule has 0 spiro atoms. The second-order valence-corrected chi connectivity index (χ2v) is 4.47. The van der Waals surface area contributed by atoms with Crippen molar-refractivity contribution < 1.29 is 10.2 Å². The molecule has 1 heterocycles. The zero-order chi connectivity index (χ0) is 13.3. The standard InChI is InChI=1S/C14H17N2O2/c1-4-14(17,18)16-13(9-11(3)15-16)12-7-5-10(2)6-8-12/h5,7-9,17-18H,4H2,1-3H3. The van der Waals surface area contributed by atoms with Crippen LogP contribution in [0.4, 0.5) is 0 Å². The van der Waals surface area contributed by atoms with E-state index < -0.39 is 5.91 Å². The molecule has 0 fully saturated rings. The van der Waals surface area contributed by atoms with Crippen LogP contribution in [0.15, 0.2) is 24.3 Å². The van der Waals surface area contributed by atoms with Gasteiger partial charge in [0.1, 0.15) is 0 Å². The Morgan fingerprint density at radius 3 is 2.61 bits per heavy atom. The summed E-state index contributed by atoms with van der Waals surface area (Å²) in [5, 5.41) is 24.1. The third-order valence-corrected chi connectivity index (χ3v) is 2.91. The summed E-state index contributed by atoms with van der Waals surface area (Å²) in [7, 11) is 0. The molecule has 2 rings (SSSR count). The molecule has 4 heteroatoms. The number of nitrogens with zero attached hydrogens (tertiary/aromatic N) is 2. The van der Waals surface area contributed by atoms with Gasteiger partial charge >= 0.3 is 0 Å². The van der Waals surface area contributed by atoms with E-state index in [2.05, 4.69) is 11.2 Å². The number of aryl methyl sites for hydroxylation is 2. The van der Waals surface area contributed by atoms with Crippen molar-refractivity contribution in [2.45, 2.75) is 33.1 Å². The number of aliphatic hydroxyl groups is 2. The van der Waals surface area contributed by atoms with Crippen LogP contribution >= 0.6 is 0 Å². The lowest BCUT2D eigenvalue weighted by Gasteiger charge is -2.22. The first kappa shape index (κ1) is 12.8. The van der Waals surface area contributed by atoms with E-state index in [4.69, 9.17) is 0 Å². The van der Waals surface area contributed by atoms with Crippen LogP contribution in [0.2, 0.25) is 0 Å². The van der Waals surface area contributed by atoms with E-state index in [1.54, 1.807) is 6.92 Å². The van der Waals surface area contributed by atoms with E-state index in [-0.39, 0.29) is 6.42 Å². The molecular formula is C14H17N2O2. The molecule has 0 saturated carbocycles. The maximum absolute atomic E-state index is 9.95. The summed E-state index contributed by atoms with van der Waals surface area (Å²) < 4.78 is 1.25. The van der Waals surface area contributed by atoms with Crippen molar-refractivity contribution in [3.8, 4) is 11.3 Å². The van der Waals surface area contributed by atoms with Crippen LogP contribution in [0.1, 0.15) is 24.6 Å². The average molecular weight is 245 g/mol. The topological polar surface area (TPSA) is 58.3 Å². The molecule has 0 aliphatic carbocycles. The van der Waals surface area contributed by atoms with Crippen LogP contribution in [0.5, 0.6) is 0 Å². The normalized spacial score (nSPS) is 11.8. The fourth-order valence-electron chi connectivity index (χ4n) is 1.79. The first-order valence-electron chi connectivity index (χ1n) is 5.94. The highest BCUT2D eigenvalue weighted by Crippen LogP contribution is 2.26. The summed E-state index contributed by atoms with van der Waals surface area (Å²) in [6.07, 6.45) is 0.163. The molecule has 0 unspecified atom stereocenters. The van der Waals surface area contributed by atoms with Crippen molar-refractivity contribution in [2.24, 2.45) is 0 Å². The number of benzene rings is 1. The zero-order valence-electron chi connectivity index (χ0n) is 10.8. The number of aromatic nitrogens is 2. The Morgan fingerprint density at radius 2 is 2.06 bits per heavy atom. The molecule has 95 valence electrons. The molecule has 1 aromatic heterocycles. The molecule has 0 bridgehead atoms. The van der Waals surface area contributed by atoms with Gasteiger partial charge in [0.2, 0.25) is 0 Å². The predicted octanol–water partition coefficient (Wildman–Crippen LogP) is 1.97. The maximum atomic E-state index is 9.95. The van der Waals surface area contributed by atoms with Crippen LogP contribution in [0.25, 0.3) is 11.3 Å². The van der Waals surface area contributed by atoms with E-state index >= 15 is 0 Å². The second-order valence-electron chi connectivity index (χ2n) is 4.47. The molecule has 0 amide bonds. The molecule has 1 aromatic carbocycles. The zero-order valence-corrected chi connectivity index (χ0v) is 10.8. The summed E-state index contributed by atoms with van der Waals surface area (Å²) >= 11 is 0. The van der Waals surface area contributed by atoms with E-state index in [1.165, 1.54) is 4.68 Å². The summed E-state index contributed by atoms with van der Waals surface area (Å²) in [5.74, 6) is -1.96. The van der Waals surface area contributed by atoms with Gasteiger partial charge in [-0.3, -0.25) is 0 Å². The molecule has 0 aliphatic rings. The SMILES string of the molecule is CCC(O)(O)n1nc(C)cc1-c1c[c]c(C)cc1. The minimum absolute atomic E-state index is 0.163. The van der Waals surface area contributed by atoms with Gasteiger partial charge < -0.3 is 10.2 Å². The highest BCUT2D eigenvalue weighted by molar-refractivity contribution is 5.60. The van der Waals surface area contributed by atoms with Crippen LogP contribution in [0.3, 0.4) is 0 Å². The Morgan fingerprint density at radius 1 is 1.33 bits per heavy atom. The molecule has 0 atom stereocenters. The van der Waals surface area contributed by atoms with Crippen LogP contribution in [0, 0.1) is 19.9 Å². The van der Waals surface area contributed by atoms with E-state index in [9.17, 15) is 10.2 Å². The highest BCUT2D eigenvalue weighted by Gasteiger charge is 2.27. The molecule has 2 aromatic rings. The van der Waals surface area contributed by atoms with Crippen LogP contribution in [-0.2, 0) is 5.91 Å². The van der Waals surface area contributed by atoms with Gasteiger partial charge in [0.25, 0.3) is 5.91 Å². The fraction of sp³-hybridized carbons (Fsp3) is 0.357. The van der Waals surface area contributed by atoms with Gasteiger partial charge in [-0.05, 0) is 37.6 Å². The Labute approximate surface area is 107 Å². The summed E-state index contributed by atoms with van der Waals surface area (Å²) in [5.41, 5.74) is 3.32. The average Bonchev–Trinajstić information content (AvgIpc) is 2.73. The van der Waals surface area contributed by atoms with E-state index in [0.29, 0.717) is 5.69 Å². The highest BCUT2D eigenvalue weighted by atomic mass is 16.5. The summed E-state index contributed by atoms with van der Waals surface area (Å²) in [4.78, 5) is 0. The van der Waals surface area contributed by atoms with Crippen LogP contribution < -0.4 is 0 Å². The third-order valence-electron chi connectivity index (χ3n) is 2.91. The van der Waals surface area contributed by atoms with Crippen molar-refractivity contribution in [1.29, 1.82) is 0 Å². The number of rotatable bonds is 3. The maximum Gasteiger partial charge on any atom is 0.265 e. The van der Waals surface area contributed by atoms with E-state index in [1.807, 2.05) is 38.1 Å². The first-order valence-corrected chi connectivity index (χ1v) is 5.94. The fourth-order valence-corrected chi connectivity index (χ4v) is 1.79. The first-order chi connectivity index (χ1) is 8.44. The smallest absolute Gasteiger partial charge is 0.265 e. The van der Waals surface area contributed by atoms with E-state index in [0.717, 1.165) is 16.8 Å². The Balaban J connectivity index is 2.54. The lowest BCUT2D eigenvalue weighted by Crippen LogP contribution is -2.33. The van der Waals surface area contributed by atoms with Crippen molar-refractivity contribution in [3.05, 3.63) is 41.6 Å². The largest absolute Gasteiger partial charge is 0.347 e. The molecule has 18 heavy (non-hydrogen) atoms. The molecule has 2 N–H and O–H groups in total. The van der Waals surface area contributed by atoms with Crippen molar-refractivity contribution in [3.63, 3.8) is 0 Å². The van der Waals surface area contributed by atoms with Crippen LogP contribution in [-0.4, -0.2) is 20.0 Å².